The maximum Gasteiger partial charge on any atom is 0.282 e. The smallest absolute Gasteiger partial charge is 0.282 e. The molecule has 0 amide bonds. The minimum atomic E-state index is -3.76. The van der Waals surface area contributed by atoms with Crippen molar-refractivity contribution in [2.75, 3.05) is 0 Å². The van der Waals surface area contributed by atoms with E-state index in [1.54, 1.807) is 26.0 Å². The number of sulfonamides is 1. The molecule has 4 nitrogen and oxygen atoms in total. The second-order valence-electron chi connectivity index (χ2n) is 4.78. The molecule has 0 spiro atoms. The van der Waals surface area contributed by atoms with Gasteiger partial charge in [0.1, 0.15) is 0 Å². The van der Waals surface area contributed by atoms with Gasteiger partial charge >= 0.3 is 0 Å². The van der Waals surface area contributed by atoms with Gasteiger partial charge in [-0.05, 0) is 56.2 Å². The number of aryl methyl sites for hydroxylation is 1. The summed E-state index contributed by atoms with van der Waals surface area (Å²) in [6.07, 6.45) is 2.90. The molecule has 0 aromatic heterocycles. The zero-order valence-corrected chi connectivity index (χ0v) is 12.4. The predicted octanol–water partition coefficient (Wildman–Crippen LogP) is 2.60. The third kappa shape index (κ3) is 2.93. The minimum absolute atomic E-state index is 0.116. The van der Waals surface area contributed by atoms with Crippen LogP contribution in [0.2, 0.25) is 0 Å². The number of carbonyl (C=O) groups is 1. The van der Waals surface area contributed by atoms with Crippen molar-refractivity contribution in [1.29, 1.82) is 0 Å². The number of ketones is 1. The maximum absolute atomic E-state index is 12.2. The van der Waals surface area contributed by atoms with Crippen molar-refractivity contribution < 1.29 is 13.2 Å². The summed E-state index contributed by atoms with van der Waals surface area (Å²) >= 11 is 0. The molecule has 0 saturated heterocycles. The summed E-state index contributed by atoms with van der Waals surface area (Å²) in [5.74, 6) is -0.116. The molecule has 0 saturated carbocycles. The van der Waals surface area contributed by atoms with Crippen LogP contribution in [0.15, 0.2) is 56.9 Å². The molecule has 0 heterocycles. The minimum Gasteiger partial charge on any atom is -0.290 e. The van der Waals surface area contributed by atoms with Crippen LogP contribution in [0.1, 0.15) is 19.4 Å². The number of nitrogens with zero attached hydrogens (tertiary/aromatic N) is 1. The second kappa shape index (κ2) is 5.17. The Kier molecular flexibility index (Phi) is 3.72. The van der Waals surface area contributed by atoms with Crippen molar-refractivity contribution in [3.05, 3.63) is 53.1 Å². The topological polar surface area (TPSA) is 63.6 Å². The largest absolute Gasteiger partial charge is 0.290 e. The van der Waals surface area contributed by atoms with Gasteiger partial charge in [0.05, 0.1) is 10.6 Å². The molecule has 0 N–H and O–H groups in total. The van der Waals surface area contributed by atoms with Gasteiger partial charge in [-0.1, -0.05) is 17.7 Å². The van der Waals surface area contributed by atoms with Crippen molar-refractivity contribution in [2.24, 2.45) is 4.40 Å². The average molecular weight is 289 g/mol. The molecule has 2 rings (SSSR count). The van der Waals surface area contributed by atoms with Crippen LogP contribution in [0.3, 0.4) is 0 Å². The van der Waals surface area contributed by atoms with Gasteiger partial charge < -0.3 is 0 Å². The number of hydrogen-bond acceptors (Lipinski definition) is 3. The molecular weight excluding hydrogens is 274 g/mol. The molecule has 0 atom stereocenters. The van der Waals surface area contributed by atoms with Crippen LogP contribution in [0.5, 0.6) is 0 Å². The molecule has 1 aliphatic carbocycles. The fourth-order valence-corrected chi connectivity index (χ4v) is 2.81. The van der Waals surface area contributed by atoms with E-state index in [1.165, 1.54) is 24.3 Å². The standard InChI is InChI=1S/C15H15NO3S/c1-10-4-6-13(7-5-10)20(18,19)16-14-8-12(3)15(17)9-11(14)2/h4-9H,1-3H3/b16-14+. The third-order valence-electron chi connectivity index (χ3n) is 3.03. The molecule has 0 unspecified atom stereocenters. The van der Waals surface area contributed by atoms with Crippen LogP contribution in [0.4, 0.5) is 0 Å². The van der Waals surface area contributed by atoms with E-state index >= 15 is 0 Å². The number of carbonyl (C=O) groups excluding carboxylic acids is 1. The van der Waals surface area contributed by atoms with Crippen LogP contribution in [-0.4, -0.2) is 19.9 Å². The molecule has 0 bridgehead atoms. The Morgan fingerprint density at radius 3 is 2.10 bits per heavy atom. The Hall–Kier alpha value is -2.01. The third-order valence-corrected chi connectivity index (χ3v) is 4.34. The van der Waals surface area contributed by atoms with Crippen molar-refractivity contribution >= 4 is 21.5 Å². The van der Waals surface area contributed by atoms with Crippen LogP contribution >= 0.6 is 0 Å². The van der Waals surface area contributed by atoms with Gasteiger partial charge in [0.25, 0.3) is 10.0 Å². The van der Waals surface area contributed by atoms with Crippen molar-refractivity contribution in [2.45, 2.75) is 25.7 Å². The number of rotatable bonds is 2. The normalized spacial score (nSPS) is 17.9. The monoisotopic (exact) mass is 289 g/mol. The van der Waals surface area contributed by atoms with Gasteiger partial charge in [-0.15, -0.1) is 0 Å². The van der Waals surface area contributed by atoms with E-state index in [0.29, 0.717) is 16.9 Å². The van der Waals surface area contributed by atoms with E-state index in [9.17, 15) is 13.2 Å². The van der Waals surface area contributed by atoms with Gasteiger partial charge in [0, 0.05) is 0 Å². The molecule has 104 valence electrons. The van der Waals surface area contributed by atoms with Gasteiger partial charge in [0.2, 0.25) is 0 Å². The van der Waals surface area contributed by atoms with E-state index in [0.717, 1.165) is 5.56 Å². The summed E-state index contributed by atoms with van der Waals surface area (Å²) in [6, 6.07) is 6.50. The molecular formula is C15H15NO3S. The van der Waals surface area contributed by atoms with Gasteiger partial charge in [-0.25, -0.2) is 0 Å². The van der Waals surface area contributed by atoms with E-state index in [2.05, 4.69) is 4.40 Å². The first-order valence-electron chi connectivity index (χ1n) is 6.12. The molecule has 0 aliphatic heterocycles. The molecule has 1 aliphatic rings. The Labute approximate surface area is 118 Å². The zero-order chi connectivity index (χ0) is 14.9. The van der Waals surface area contributed by atoms with Crippen LogP contribution < -0.4 is 0 Å². The lowest BCUT2D eigenvalue weighted by Crippen LogP contribution is -2.12. The van der Waals surface area contributed by atoms with Crippen molar-refractivity contribution in [3.63, 3.8) is 0 Å². The molecule has 20 heavy (non-hydrogen) atoms. The summed E-state index contributed by atoms with van der Waals surface area (Å²) in [6.45, 7) is 5.19. The number of hydrogen-bond donors (Lipinski definition) is 0. The van der Waals surface area contributed by atoms with E-state index in [4.69, 9.17) is 0 Å². The Morgan fingerprint density at radius 1 is 0.900 bits per heavy atom. The first-order valence-corrected chi connectivity index (χ1v) is 7.56. The average Bonchev–Trinajstić information content (AvgIpc) is 2.36. The fourth-order valence-electron chi connectivity index (χ4n) is 1.77. The maximum atomic E-state index is 12.2. The zero-order valence-electron chi connectivity index (χ0n) is 11.5. The van der Waals surface area contributed by atoms with Gasteiger partial charge in [0.15, 0.2) is 5.78 Å². The lowest BCUT2D eigenvalue weighted by Gasteiger charge is -2.09. The molecule has 1 aromatic rings. The summed E-state index contributed by atoms with van der Waals surface area (Å²) < 4.78 is 28.3. The van der Waals surface area contributed by atoms with Crippen molar-refractivity contribution in [3.8, 4) is 0 Å². The van der Waals surface area contributed by atoms with E-state index < -0.39 is 10.0 Å². The second-order valence-corrected chi connectivity index (χ2v) is 6.39. The predicted molar refractivity (Wildman–Crippen MR) is 78.3 cm³/mol. The summed E-state index contributed by atoms with van der Waals surface area (Å²) in [5, 5.41) is 0. The fraction of sp³-hybridized carbons (Fsp3) is 0.200. The van der Waals surface area contributed by atoms with Crippen molar-refractivity contribution in [1.82, 2.24) is 0 Å². The highest BCUT2D eigenvalue weighted by molar-refractivity contribution is 7.90. The Bertz CT molecular complexity index is 751. The highest BCUT2D eigenvalue weighted by Gasteiger charge is 2.18. The van der Waals surface area contributed by atoms with Crippen LogP contribution in [-0.2, 0) is 14.8 Å². The Balaban J connectivity index is 2.46. The number of benzene rings is 1. The van der Waals surface area contributed by atoms with Crippen LogP contribution in [0.25, 0.3) is 0 Å². The first kappa shape index (κ1) is 14.4. The highest BCUT2D eigenvalue weighted by Crippen LogP contribution is 2.18. The lowest BCUT2D eigenvalue weighted by atomic mass is 9.99. The molecule has 0 radical (unpaired) electrons. The molecule has 0 fully saturated rings. The van der Waals surface area contributed by atoms with Gasteiger partial charge in [-0.2, -0.15) is 12.8 Å². The summed E-state index contributed by atoms with van der Waals surface area (Å²) in [4.78, 5) is 11.6. The molecule has 5 heteroatoms. The lowest BCUT2D eigenvalue weighted by molar-refractivity contribution is -0.111. The summed E-state index contributed by atoms with van der Waals surface area (Å²) in [7, 11) is -3.76. The van der Waals surface area contributed by atoms with Gasteiger partial charge in [-0.3, -0.25) is 4.79 Å². The van der Waals surface area contributed by atoms with E-state index in [-0.39, 0.29) is 10.7 Å². The van der Waals surface area contributed by atoms with Crippen LogP contribution in [0, 0.1) is 6.92 Å². The number of allylic oxidation sites excluding steroid dienone is 4. The quantitative estimate of drug-likeness (QED) is 0.786. The first-order chi connectivity index (χ1) is 9.29. The molecule has 1 aromatic carbocycles. The summed E-state index contributed by atoms with van der Waals surface area (Å²) in [5.41, 5.74) is 2.32. The Morgan fingerprint density at radius 2 is 1.50 bits per heavy atom. The highest BCUT2D eigenvalue weighted by atomic mass is 32.2. The van der Waals surface area contributed by atoms with E-state index in [1.807, 2.05) is 6.92 Å². The SMILES string of the molecule is CC1=C/C(=N\S(=O)(=O)c2ccc(C)cc2)C(C)=CC1=O.